The third-order valence-corrected chi connectivity index (χ3v) is 6.26. The molecule has 0 aliphatic carbocycles. The molecule has 1 aliphatic rings. The normalized spacial score (nSPS) is 14.4. The van der Waals surface area contributed by atoms with Crippen molar-refractivity contribution < 1.29 is 9.53 Å². The molecule has 2 aromatic carbocycles. The Hall–Kier alpha value is -3.35. The van der Waals surface area contributed by atoms with E-state index in [1.165, 1.54) is 4.68 Å². The van der Waals surface area contributed by atoms with E-state index in [1.807, 2.05) is 35.2 Å². The van der Waals surface area contributed by atoms with Crippen molar-refractivity contribution in [3.8, 4) is 5.75 Å². The standard InChI is InChI=1S/C26H32N4O3/c1-3-4-7-17-30-25(31)23-10-6-5-9-22(23)24(27-30)26(32)29-16-8-15-28(18-19-29)20-11-13-21(33-2)14-12-20/h5-6,9-14H,3-4,7-8,15-19H2,1-2H3. The minimum absolute atomic E-state index is 0.105. The molecule has 0 spiro atoms. The second-order valence-electron chi connectivity index (χ2n) is 8.46. The number of amides is 1. The Morgan fingerprint density at radius 2 is 1.73 bits per heavy atom. The number of benzene rings is 2. The number of anilines is 1. The molecule has 33 heavy (non-hydrogen) atoms. The van der Waals surface area contributed by atoms with E-state index in [2.05, 4.69) is 29.1 Å². The molecular formula is C26H32N4O3. The average molecular weight is 449 g/mol. The van der Waals surface area contributed by atoms with Gasteiger partial charge in [-0.2, -0.15) is 5.10 Å². The van der Waals surface area contributed by atoms with Crippen LogP contribution in [-0.4, -0.2) is 53.9 Å². The fourth-order valence-electron chi connectivity index (χ4n) is 4.38. The zero-order chi connectivity index (χ0) is 23.2. The molecule has 174 valence electrons. The van der Waals surface area contributed by atoms with Crippen LogP contribution in [0.25, 0.3) is 10.8 Å². The Labute approximate surface area is 194 Å². The van der Waals surface area contributed by atoms with Crippen LogP contribution in [0.4, 0.5) is 5.69 Å². The molecular weight excluding hydrogens is 416 g/mol. The van der Waals surface area contributed by atoms with E-state index >= 15 is 0 Å². The highest BCUT2D eigenvalue weighted by molar-refractivity contribution is 6.04. The van der Waals surface area contributed by atoms with Gasteiger partial charge in [0.05, 0.1) is 12.5 Å². The topological polar surface area (TPSA) is 67.7 Å². The van der Waals surface area contributed by atoms with Crippen molar-refractivity contribution in [3.05, 3.63) is 64.6 Å². The van der Waals surface area contributed by atoms with Crippen LogP contribution in [0, 0.1) is 0 Å². The Morgan fingerprint density at radius 1 is 0.970 bits per heavy atom. The van der Waals surface area contributed by atoms with Gasteiger partial charge in [0.15, 0.2) is 5.69 Å². The molecule has 7 heteroatoms. The Morgan fingerprint density at radius 3 is 2.45 bits per heavy atom. The van der Waals surface area contributed by atoms with E-state index in [-0.39, 0.29) is 11.5 Å². The van der Waals surface area contributed by atoms with Crippen LogP contribution in [0.15, 0.2) is 53.3 Å². The van der Waals surface area contributed by atoms with Gasteiger partial charge >= 0.3 is 0 Å². The maximum absolute atomic E-state index is 13.6. The molecule has 1 aromatic heterocycles. The van der Waals surface area contributed by atoms with E-state index in [9.17, 15) is 9.59 Å². The summed E-state index contributed by atoms with van der Waals surface area (Å²) in [6.07, 6.45) is 3.83. The first-order chi connectivity index (χ1) is 16.1. The van der Waals surface area contributed by atoms with E-state index in [1.54, 1.807) is 13.2 Å². The van der Waals surface area contributed by atoms with Gasteiger partial charge in [-0.3, -0.25) is 9.59 Å². The Kier molecular flexibility index (Phi) is 7.27. The molecule has 7 nitrogen and oxygen atoms in total. The number of methoxy groups -OCH3 is 1. The molecule has 2 heterocycles. The first kappa shape index (κ1) is 22.8. The predicted molar refractivity (Wildman–Crippen MR) is 131 cm³/mol. The monoisotopic (exact) mass is 448 g/mol. The molecule has 3 aromatic rings. The molecule has 0 radical (unpaired) electrons. The summed E-state index contributed by atoms with van der Waals surface area (Å²) in [6.45, 7) is 5.54. The summed E-state index contributed by atoms with van der Waals surface area (Å²) in [5.74, 6) is 0.726. The lowest BCUT2D eigenvalue weighted by molar-refractivity contribution is 0.0760. The summed E-state index contributed by atoms with van der Waals surface area (Å²) < 4.78 is 6.74. The van der Waals surface area contributed by atoms with E-state index in [0.717, 1.165) is 50.2 Å². The zero-order valence-corrected chi connectivity index (χ0v) is 19.5. The number of aromatic nitrogens is 2. The lowest BCUT2D eigenvalue weighted by Crippen LogP contribution is -2.37. The van der Waals surface area contributed by atoms with Crippen molar-refractivity contribution >= 4 is 22.4 Å². The summed E-state index contributed by atoms with van der Waals surface area (Å²) in [7, 11) is 1.66. The van der Waals surface area contributed by atoms with Crippen LogP contribution in [-0.2, 0) is 6.54 Å². The number of hydrogen-bond acceptors (Lipinski definition) is 5. The summed E-state index contributed by atoms with van der Waals surface area (Å²) >= 11 is 0. The fraction of sp³-hybridized carbons (Fsp3) is 0.423. The lowest BCUT2D eigenvalue weighted by Gasteiger charge is -2.24. The van der Waals surface area contributed by atoms with Crippen LogP contribution in [0.2, 0.25) is 0 Å². The second kappa shape index (κ2) is 10.5. The third kappa shape index (κ3) is 5.02. The highest BCUT2D eigenvalue weighted by Gasteiger charge is 2.24. The van der Waals surface area contributed by atoms with Crippen LogP contribution in [0.3, 0.4) is 0 Å². The van der Waals surface area contributed by atoms with Crippen LogP contribution in [0.1, 0.15) is 43.1 Å². The number of nitrogens with zero attached hydrogens (tertiary/aromatic N) is 4. The van der Waals surface area contributed by atoms with Gasteiger partial charge in [-0.25, -0.2) is 4.68 Å². The van der Waals surface area contributed by atoms with E-state index in [0.29, 0.717) is 36.1 Å². The average Bonchev–Trinajstić information content (AvgIpc) is 3.12. The van der Waals surface area contributed by atoms with Crippen LogP contribution >= 0.6 is 0 Å². The molecule has 4 rings (SSSR count). The van der Waals surface area contributed by atoms with Crippen molar-refractivity contribution in [1.29, 1.82) is 0 Å². The van der Waals surface area contributed by atoms with Gasteiger partial charge in [0.2, 0.25) is 0 Å². The number of fused-ring (bicyclic) bond motifs is 1. The number of hydrogen-bond donors (Lipinski definition) is 0. The first-order valence-electron chi connectivity index (χ1n) is 11.8. The summed E-state index contributed by atoms with van der Waals surface area (Å²) in [4.78, 5) is 30.7. The molecule has 1 amide bonds. The zero-order valence-electron chi connectivity index (χ0n) is 19.5. The number of rotatable bonds is 7. The van der Waals surface area contributed by atoms with Gasteiger partial charge in [-0.05, 0) is 43.2 Å². The van der Waals surface area contributed by atoms with Gasteiger partial charge in [0, 0.05) is 43.8 Å². The molecule has 0 N–H and O–H groups in total. The largest absolute Gasteiger partial charge is 0.497 e. The maximum atomic E-state index is 13.6. The number of aryl methyl sites for hydroxylation is 1. The Balaban J connectivity index is 1.57. The van der Waals surface area contributed by atoms with E-state index < -0.39 is 0 Å². The van der Waals surface area contributed by atoms with Crippen molar-refractivity contribution in [3.63, 3.8) is 0 Å². The van der Waals surface area contributed by atoms with Gasteiger partial charge in [-0.1, -0.05) is 38.0 Å². The molecule has 0 atom stereocenters. The summed E-state index contributed by atoms with van der Waals surface area (Å²) in [5.41, 5.74) is 1.37. The molecule has 1 fully saturated rings. The molecule has 0 saturated carbocycles. The number of carbonyl (C=O) groups excluding carboxylic acids is 1. The summed E-state index contributed by atoms with van der Waals surface area (Å²) in [5, 5.41) is 5.75. The molecule has 0 unspecified atom stereocenters. The quantitative estimate of drug-likeness (QED) is 0.512. The van der Waals surface area contributed by atoms with Gasteiger partial charge < -0.3 is 14.5 Å². The predicted octanol–water partition coefficient (Wildman–Crippen LogP) is 3.95. The van der Waals surface area contributed by atoms with Gasteiger partial charge in [-0.15, -0.1) is 0 Å². The van der Waals surface area contributed by atoms with Crippen molar-refractivity contribution in [2.75, 3.05) is 38.2 Å². The van der Waals surface area contributed by atoms with Gasteiger partial charge in [0.25, 0.3) is 11.5 Å². The minimum Gasteiger partial charge on any atom is -0.497 e. The van der Waals surface area contributed by atoms with E-state index in [4.69, 9.17) is 4.74 Å². The highest BCUT2D eigenvalue weighted by atomic mass is 16.5. The number of unbranched alkanes of at least 4 members (excludes halogenated alkanes) is 2. The molecule has 1 saturated heterocycles. The number of ether oxygens (including phenoxy) is 1. The van der Waals surface area contributed by atoms with Crippen molar-refractivity contribution in [1.82, 2.24) is 14.7 Å². The van der Waals surface area contributed by atoms with Crippen molar-refractivity contribution in [2.45, 2.75) is 39.2 Å². The molecule has 0 bridgehead atoms. The maximum Gasteiger partial charge on any atom is 0.275 e. The smallest absolute Gasteiger partial charge is 0.275 e. The second-order valence-corrected chi connectivity index (χ2v) is 8.46. The SMILES string of the molecule is CCCCCn1nc(C(=O)N2CCCN(c3ccc(OC)cc3)CC2)c2ccccc2c1=O. The number of carbonyl (C=O) groups is 1. The Bertz CT molecular complexity index is 1160. The highest BCUT2D eigenvalue weighted by Crippen LogP contribution is 2.22. The molecule has 1 aliphatic heterocycles. The fourth-order valence-corrected chi connectivity index (χ4v) is 4.38. The van der Waals surface area contributed by atoms with Crippen LogP contribution < -0.4 is 15.2 Å². The van der Waals surface area contributed by atoms with Gasteiger partial charge in [0.1, 0.15) is 5.75 Å². The third-order valence-electron chi connectivity index (χ3n) is 6.26. The first-order valence-corrected chi connectivity index (χ1v) is 11.8. The lowest BCUT2D eigenvalue weighted by atomic mass is 10.1. The summed E-state index contributed by atoms with van der Waals surface area (Å²) in [6, 6.07) is 15.3. The van der Waals surface area contributed by atoms with Crippen LogP contribution in [0.5, 0.6) is 5.75 Å². The minimum atomic E-state index is -0.125. The van der Waals surface area contributed by atoms with Crippen molar-refractivity contribution in [2.24, 2.45) is 0 Å².